The molecule has 0 bridgehead atoms. The summed E-state index contributed by atoms with van der Waals surface area (Å²) in [6.07, 6.45) is 1.18. The minimum atomic E-state index is -0.0527. The molecule has 0 amide bonds. The van der Waals surface area contributed by atoms with E-state index in [1.54, 1.807) is 0 Å². The van der Waals surface area contributed by atoms with Crippen LogP contribution in [0.4, 0.5) is 0 Å². The molecule has 1 aliphatic rings. The third-order valence-corrected chi connectivity index (χ3v) is 1.82. The topological polar surface area (TPSA) is 44.5 Å². The fourth-order valence-electron chi connectivity index (χ4n) is 1.36. The van der Waals surface area contributed by atoms with Crippen LogP contribution in [0.25, 0.3) is 0 Å². The summed E-state index contributed by atoms with van der Waals surface area (Å²) in [4.78, 5) is 0. The normalized spacial score (nSPS) is 21.8. The molecule has 0 aromatic heterocycles. The molecule has 0 aromatic rings. The zero-order chi connectivity index (χ0) is 8.32. The Morgan fingerprint density at radius 2 is 2.18 bits per heavy atom. The van der Waals surface area contributed by atoms with Crippen molar-refractivity contribution in [3.05, 3.63) is 0 Å². The predicted molar refractivity (Wildman–Crippen MR) is 43.4 cm³/mol. The molecule has 1 aliphatic heterocycles. The summed E-state index contributed by atoms with van der Waals surface area (Å²) >= 11 is 0. The Balaban J connectivity index is 2.33. The highest BCUT2D eigenvalue weighted by atomic mass is 16.6. The molecule has 0 saturated carbocycles. The standard InChI is InChI=1S/C8H17NO2/c1-7(2)11-8(3-4-9)5-10-6-8/h7H,3-6,9H2,1-2H3. The van der Waals surface area contributed by atoms with E-state index in [2.05, 4.69) is 0 Å². The quantitative estimate of drug-likeness (QED) is 0.650. The first kappa shape index (κ1) is 8.97. The lowest BCUT2D eigenvalue weighted by Crippen LogP contribution is -2.54. The Morgan fingerprint density at radius 3 is 2.45 bits per heavy atom. The molecule has 0 aliphatic carbocycles. The number of ether oxygens (including phenoxy) is 2. The second-order valence-electron chi connectivity index (χ2n) is 3.38. The van der Waals surface area contributed by atoms with Crippen molar-refractivity contribution >= 4 is 0 Å². The van der Waals surface area contributed by atoms with Crippen LogP contribution < -0.4 is 5.73 Å². The fourth-order valence-corrected chi connectivity index (χ4v) is 1.36. The van der Waals surface area contributed by atoms with Gasteiger partial charge in [0.05, 0.1) is 19.3 Å². The fraction of sp³-hybridized carbons (Fsp3) is 1.00. The predicted octanol–water partition coefficient (Wildman–Crippen LogP) is 0.529. The van der Waals surface area contributed by atoms with Gasteiger partial charge in [0.1, 0.15) is 5.60 Å². The molecule has 0 radical (unpaired) electrons. The second kappa shape index (κ2) is 3.52. The van der Waals surface area contributed by atoms with Gasteiger partial charge in [0.15, 0.2) is 0 Å². The molecular formula is C8H17NO2. The van der Waals surface area contributed by atoms with Gasteiger partial charge in [-0.25, -0.2) is 0 Å². The zero-order valence-electron chi connectivity index (χ0n) is 7.30. The van der Waals surface area contributed by atoms with Gasteiger partial charge in [-0.1, -0.05) is 0 Å². The molecule has 11 heavy (non-hydrogen) atoms. The number of nitrogens with two attached hydrogens (primary N) is 1. The summed E-state index contributed by atoms with van der Waals surface area (Å²) in [5.74, 6) is 0. The van der Waals surface area contributed by atoms with Crippen LogP contribution in [-0.2, 0) is 9.47 Å². The summed E-state index contributed by atoms with van der Waals surface area (Å²) < 4.78 is 10.8. The molecule has 1 saturated heterocycles. The largest absolute Gasteiger partial charge is 0.375 e. The lowest BCUT2D eigenvalue weighted by Gasteiger charge is -2.42. The average molecular weight is 159 g/mol. The summed E-state index contributed by atoms with van der Waals surface area (Å²) in [6.45, 7) is 6.17. The van der Waals surface area contributed by atoms with Crippen LogP contribution in [0.3, 0.4) is 0 Å². The van der Waals surface area contributed by atoms with Crippen molar-refractivity contribution in [3.63, 3.8) is 0 Å². The van der Waals surface area contributed by atoms with E-state index in [1.165, 1.54) is 0 Å². The van der Waals surface area contributed by atoms with E-state index >= 15 is 0 Å². The van der Waals surface area contributed by atoms with E-state index < -0.39 is 0 Å². The minimum Gasteiger partial charge on any atom is -0.375 e. The lowest BCUT2D eigenvalue weighted by atomic mass is 9.97. The van der Waals surface area contributed by atoms with Crippen molar-refractivity contribution in [2.24, 2.45) is 5.73 Å². The highest BCUT2D eigenvalue weighted by Gasteiger charge is 2.39. The van der Waals surface area contributed by atoms with Crippen molar-refractivity contribution in [1.29, 1.82) is 0 Å². The first-order chi connectivity index (χ1) is 5.18. The molecule has 66 valence electrons. The summed E-state index contributed by atoms with van der Waals surface area (Å²) in [7, 11) is 0. The van der Waals surface area contributed by atoms with Crippen molar-refractivity contribution < 1.29 is 9.47 Å². The third-order valence-electron chi connectivity index (χ3n) is 1.82. The second-order valence-corrected chi connectivity index (χ2v) is 3.38. The van der Waals surface area contributed by atoms with Crippen LogP contribution in [0.15, 0.2) is 0 Å². The van der Waals surface area contributed by atoms with Crippen LogP contribution in [0, 0.1) is 0 Å². The molecule has 3 heteroatoms. The van der Waals surface area contributed by atoms with Crippen LogP contribution in [0.5, 0.6) is 0 Å². The van der Waals surface area contributed by atoms with Gasteiger partial charge >= 0.3 is 0 Å². The molecular weight excluding hydrogens is 142 g/mol. The minimum absolute atomic E-state index is 0.0527. The van der Waals surface area contributed by atoms with Gasteiger partial charge in [-0.05, 0) is 26.8 Å². The molecule has 0 spiro atoms. The van der Waals surface area contributed by atoms with Crippen LogP contribution in [0.1, 0.15) is 20.3 Å². The molecule has 1 heterocycles. The Kier molecular flexibility index (Phi) is 2.87. The molecule has 2 N–H and O–H groups in total. The van der Waals surface area contributed by atoms with Gasteiger partial charge in [-0.3, -0.25) is 0 Å². The van der Waals surface area contributed by atoms with Crippen LogP contribution in [0.2, 0.25) is 0 Å². The number of hydrogen-bond acceptors (Lipinski definition) is 3. The van der Waals surface area contributed by atoms with E-state index in [9.17, 15) is 0 Å². The molecule has 0 unspecified atom stereocenters. The lowest BCUT2D eigenvalue weighted by molar-refractivity contribution is -0.226. The SMILES string of the molecule is CC(C)OC1(CCN)COC1. The maximum atomic E-state index is 5.71. The van der Waals surface area contributed by atoms with Gasteiger partial charge in [0, 0.05) is 0 Å². The Bertz CT molecular complexity index is 121. The molecule has 1 fully saturated rings. The smallest absolute Gasteiger partial charge is 0.116 e. The summed E-state index contributed by atoms with van der Waals surface area (Å²) in [5, 5.41) is 0. The Morgan fingerprint density at radius 1 is 1.55 bits per heavy atom. The Hall–Kier alpha value is -0.120. The number of hydrogen-bond donors (Lipinski definition) is 1. The van der Waals surface area contributed by atoms with Gasteiger partial charge in [-0.2, -0.15) is 0 Å². The van der Waals surface area contributed by atoms with E-state index in [1.807, 2.05) is 13.8 Å². The summed E-state index contributed by atoms with van der Waals surface area (Å²) in [5.41, 5.74) is 5.41. The van der Waals surface area contributed by atoms with Crippen molar-refractivity contribution in [1.82, 2.24) is 0 Å². The maximum Gasteiger partial charge on any atom is 0.116 e. The number of rotatable bonds is 4. The van der Waals surface area contributed by atoms with E-state index in [-0.39, 0.29) is 11.7 Å². The van der Waals surface area contributed by atoms with Crippen molar-refractivity contribution in [3.8, 4) is 0 Å². The van der Waals surface area contributed by atoms with Crippen LogP contribution >= 0.6 is 0 Å². The average Bonchev–Trinajstić information content (AvgIpc) is 1.82. The first-order valence-corrected chi connectivity index (χ1v) is 4.14. The van der Waals surface area contributed by atoms with Crippen molar-refractivity contribution in [2.45, 2.75) is 32.0 Å². The van der Waals surface area contributed by atoms with Crippen LogP contribution in [-0.4, -0.2) is 31.5 Å². The highest BCUT2D eigenvalue weighted by Crippen LogP contribution is 2.26. The van der Waals surface area contributed by atoms with E-state index in [0.717, 1.165) is 6.42 Å². The Labute approximate surface area is 67.9 Å². The molecule has 1 rings (SSSR count). The van der Waals surface area contributed by atoms with Gasteiger partial charge in [0.2, 0.25) is 0 Å². The van der Waals surface area contributed by atoms with Gasteiger partial charge < -0.3 is 15.2 Å². The summed E-state index contributed by atoms with van der Waals surface area (Å²) in [6, 6.07) is 0. The van der Waals surface area contributed by atoms with Gasteiger partial charge in [0.25, 0.3) is 0 Å². The maximum absolute atomic E-state index is 5.71. The monoisotopic (exact) mass is 159 g/mol. The molecule has 0 atom stereocenters. The van der Waals surface area contributed by atoms with Gasteiger partial charge in [-0.15, -0.1) is 0 Å². The third kappa shape index (κ3) is 2.15. The highest BCUT2D eigenvalue weighted by molar-refractivity contribution is 4.88. The first-order valence-electron chi connectivity index (χ1n) is 4.14. The zero-order valence-corrected chi connectivity index (χ0v) is 7.30. The van der Waals surface area contributed by atoms with Crippen molar-refractivity contribution in [2.75, 3.05) is 19.8 Å². The molecule has 3 nitrogen and oxygen atoms in total. The van der Waals surface area contributed by atoms with E-state index in [4.69, 9.17) is 15.2 Å². The molecule has 0 aromatic carbocycles. The van der Waals surface area contributed by atoms with E-state index in [0.29, 0.717) is 19.8 Å².